The first kappa shape index (κ1) is 14.1. The number of carbonyl (C=O) groups excluding carboxylic acids is 1. The van der Waals surface area contributed by atoms with Gasteiger partial charge in [-0.2, -0.15) is 0 Å². The second kappa shape index (κ2) is 6.73. The Morgan fingerprint density at radius 3 is 2.70 bits per heavy atom. The van der Waals surface area contributed by atoms with E-state index in [0.717, 1.165) is 16.3 Å². The Kier molecular flexibility index (Phi) is 4.74. The number of benzene rings is 2. The van der Waals surface area contributed by atoms with Gasteiger partial charge in [0.2, 0.25) is 0 Å². The summed E-state index contributed by atoms with van der Waals surface area (Å²) in [4.78, 5) is 11.4. The van der Waals surface area contributed by atoms with Gasteiger partial charge in [-0.05, 0) is 22.4 Å². The van der Waals surface area contributed by atoms with Gasteiger partial charge in [0.1, 0.15) is 0 Å². The van der Waals surface area contributed by atoms with Crippen molar-refractivity contribution >= 4 is 16.8 Å². The molecule has 4 heteroatoms. The van der Waals surface area contributed by atoms with Gasteiger partial charge in [-0.25, -0.2) is 4.79 Å². The van der Waals surface area contributed by atoms with Crippen LogP contribution in [0.2, 0.25) is 0 Å². The predicted molar refractivity (Wildman–Crippen MR) is 80.5 cm³/mol. The van der Waals surface area contributed by atoms with Crippen LogP contribution in [0.1, 0.15) is 11.7 Å². The van der Waals surface area contributed by atoms with Crippen molar-refractivity contribution in [2.45, 2.75) is 6.10 Å². The first-order valence-corrected chi connectivity index (χ1v) is 6.50. The smallest absolute Gasteiger partial charge is 0.315 e. The second-order valence-electron chi connectivity index (χ2n) is 4.50. The molecule has 20 heavy (non-hydrogen) atoms. The monoisotopic (exact) mass is 270 g/mol. The zero-order valence-corrected chi connectivity index (χ0v) is 11.2. The van der Waals surface area contributed by atoms with Crippen molar-refractivity contribution in [3.63, 3.8) is 0 Å². The molecule has 4 nitrogen and oxygen atoms in total. The van der Waals surface area contributed by atoms with E-state index in [2.05, 4.69) is 17.2 Å². The van der Waals surface area contributed by atoms with Crippen LogP contribution in [0.5, 0.6) is 0 Å². The molecule has 0 aliphatic carbocycles. The third-order valence-electron chi connectivity index (χ3n) is 3.02. The van der Waals surface area contributed by atoms with E-state index in [1.807, 2.05) is 42.5 Å². The normalized spacial score (nSPS) is 11.8. The number of amides is 2. The van der Waals surface area contributed by atoms with Crippen molar-refractivity contribution < 1.29 is 9.90 Å². The topological polar surface area (TPSA) is 61.4 Å². The Morgan fingerprint density at radius 1 is 1.20 bits per heavy atom. The van der Waals surface area contributed by atoms with Crippen LogP contribution in [0.3, 0.4) is 0 Å². The number of carbonyl (C=O) groups is 1. The van der Waals surface area contributed by atoms with Crippen molar-refractivity contribution in [1.29, 1.82) is 0 Å². The molecule has 0 heterocycles. The van der Waals surface area contributed by atoms with Crippen LogP contribution >= 0.6 is 0 Å². The largest absolute Gasteiger partial charge is 0.387 e. The van der Waals surface area contributed by atoms with E-state index in [-0.39, 0.29) is 12.6 Å². The fourth-order valence-corrected chi connectivity index (χ4v) is 1.95. The molecule has 104 valence electrons. The van der Waals surface area contributed by atoms with E-state index in [1.54, 1.807) is 6.08 Å². The minimum Gasteiger partial charge on any atom is -0.387 e. The molecule has 2 rings (SSSR count). The molecule has 0 fully saturated rings. The summed E-state index contributed by atoms with van der Waals surface area (Å²) in [6, 6.07) is 13.4. The van der Waals surface area contributed by atoms with Gasteiger partial charge in [0.05, 0.1) is 6.10 Å². The lowest BCUT2D eigenvalue weighted by atomic mass is 10.0. The molecule has 0 bridgehead atoms. The number of nitrogens with one attached hydrogen (secondary N) is 2. The molecule has 2 aromatic rings. The van der Waals surface area contributed by atoms with Crippen LogP contribution in [0.15, 0.2) is 55.1 Å². The Morgan fingerprint density at radius 2 is 1.95 bits per heavy atom. The molecule has 0 saturated heterocycles. The highest BCUT2D eigenvalue weighted by atomic mass is 16.3. The lowest BCUT2D eigenvalue weighted by molar-refractivity contribution is 0.173. The van der Waals surface area contributed by atoms with Gasteiger partial charge in [0.25, 0.3) is 0 Å². The Labute approximate surface area is 118 Å². The second-order valence-corrected chi connectivity index (χ2v) is 4.50. The summed E-state index contributed by atoms with van der Waals surface area (Å²) in [7, 11) is 0. The lowest BCUT2D eigenvalue weighted by Crippen LogP contribution is -2.37. The van der Waals surface area contributed by atoms with Crippen LogP contribution in [-0.2, 0) is 0 Å². The van der Waals surface area contributed by atoms with Gasteiger partial charge in [0.15, 0.2) is 0 Å². The number of hydrogen-bond acceptors (Lipinski definition) is 2. The van der Waals surface area contributed by atoms with Gasteiger partial charge in [-0.1, -0.05) is 42.5 Å². The number of aliphatic hydroxyl groups is 1. The SMILES string of the molecule is C=CCNC(=O)NCC(O)c1ccc2ccccc2c1. The summed E-state index contributed by atoms with van der Waals surface area (Å²) in [5, 5.41) is 17.5. The summed E-state index contributed by atoms with van der Waals surface area (Å²) < 4.78 is 0. The summed E-state index contributed by atoms with van der Waals surface area (Å²) in [6.45, 7) is 4.08. The predicted octanol–water partition coefficient (Wildman–Crippen LogP) is 2.36. The van der Waals surface area contributed by atoms with Gasteiger partial charge in [-0.15, -0.1) is 6.58 Å². The standard InChI is InChI=1S/C16H18N2O2/c1-2-9-17-16(20)18-11-15(19)14-8-7-12-5-3-4-6-13(12)10-14/h2-8,10,15,19H,1,9,11H2,(H2,17,18,20). The van der Waals surface area contributed by atoms with E-state index in [0.29, 0.717) is 6.54 Å². The first-order valence-electron chi connectivity index (χ1n) is 6.50. The third kappa shape index (κ3) is 3.59. The van der Waals surface area contributed by atoms with E-state index in [1.165, 1.54) is 0 Å². The fourth-order valence-electron chi connectivity index (χ4n) is 1.95. The Balaban J connectivity index is 1.98. The van der Waals surface area contributed by atoms with Crippen LogP contribution in [0, 0.1) is 0 Å². The molecule has 2 amide bonds. The van der Waals surface area contributed by atoms with Crippen molar-refractivity contribution in [2.24, 2.45) is 0 Å². The molecule has 0 aromatic heterocycles. The molecule has 0 saturated carbocycles. The summed E-state index contributed by atoms with van der Waals surface area (Å²) in [5.74, 6) is 0. The highest BCUT2D eigenvalue weighted by Gasteiger charge is 2.09. The van der Waals surface area contributed by atoms with Crippen molar-refractivity contribution in [2.75, 3.05) is 13.1 Å². The minimum atomic E-state index is -0.728. The number of hydrogen-bond donors (Lipinski definition) is 3. The van der Waals surface area contributed by atoms with Gasteiger partial charge < -0.3 is 15.7 Å². The van der Waals surface area contributed by atoms with Crippen molar-refractivity contribution in [3.05, 3.63) is 60.7 Å². The highest BCUT2D eigenvalue weighted by molar-refractivity contribution is 5.83. The molecule has 3 N–H and O–H groups in total. The first-order chi connectivity index (χ1) is 9.70. The summed E-state index contributed by atoms with van der Waals surface area (Å²) in [6.07, 6.45) is 0.869. The van der Waals surface area contributed by atoms with Gasteiger partial charge in [-0.3, -0.25) is 0 Å². The van der Waals surface area contributed by atoms with Crippen LogP contribution in [0.4, 0.5) is 4.79 Å². The molecule has 1 unspecified atom stereocenters. The van der Waals surface area contributed by atoms with Crippen molar-refractivity contribution in [3.8, 4) is 0 Å². The van der Waals surface area contributed by atoms with E-state index in [4.69, 9.17) is 0 Å². The maximum absolute atomic E-state index is 11.4. The van der Waals surface area contributed by atoms with E-state index >= 15 is 0 Å². The highest BCUT2D eigenvalue weighted by Crippen LogP contribution is 2.19. The van der Waals surface area contributed by atoms with E-state index in [9.17, 15) is 9.90 Å². The van der Waals surface area contributed by atoms with Gasteiger partial charge in [0, 0.05) is 13.1 Å². The average molecular weight is 270 g/mol. The van der Waals surface area contributed by atoms with E-state index < -0.39 is 6.10 Å². The number of fused-ring (bicyclic) bond motifs is 1. The fraction of sp³-hybridized carbons (Fsp3) is 0.188. The maximum atomic E-state index is 11.4. The quantitative estimate of drug-likeness (QED) is 0.730. The average Bonchev–Trinajstić information content (AvgIpc) is 2.50. The lowest BCUT2D eigenvalue weighted by Gasteiger charge is -2.13. The molecule has 2 aromatic carbocycles. The zero-order chi connectivity index (χ0) is 14.4. The molecule has 1 atom stereocenters. The number of aliphatic hydroxyl groups excluding tert-OH is 1. The zero-order valence-electron chi connectivity index (χ0n) is 11.2. The van der Waals surface area contributed by atoms with Gasteiger partial charge >= 0.3 is 6.03 Å². The van der Waals surface area contributed by atoms with Crippen molar-refractivity contribution in [1.82, 2.24) is 10.6 Å². The molecule has 0 aliphatic rings. The van der Waals surface area contributed by atoms with Crippen LogP contribution < -0.4 is 10.6 Å². The Bertz CT molecular complexity index is 610. The Hall–Kier alpha value is -2.33. The minimum absolute atomic E-state index is 0.168. The number of urea groups is 1. The molecular formula is C16H18N2O2. The van der Waals surface area contributed by atoms with Crippen LogP contribution in [0.25, 0.3) is 10.8 Å². The van der Waals surface area contributed by atoms with Crippen LogP contribution in [-0.4, -0.2) is 24.2 Å². The summed E-state index contributed by atoms with van der Waals surface area (Å²) >= 11 is 0. The molecule has 0 radical (unpaired) electrons. The third-order valence-corrected chi connectivity index (χ3v) is 3.02. The molecule has 0 spiro atoms. The molecule has 0 aliphatic heterocycles. The number of rotatable bonds is 5. The maximum Gasteiger partial charge on any atom is 0.315 e. The summed E-state index contributed by atoms with van der Waals surface area (Å²) in [5.41, 5.74) is 0.785. The molecular weight excluding hydrogens is 252 g/mol.